The maximum absolute atomic E-state index is 12.4. The number of hydrogen-bond donors (Lipinski definition) is 1. The van der Waals surface area contributed by atoms with Gasteiger partial charge in [0.15, 0.2) is 0 Å². The van der Waals surface area contributed by atoms with E-state index >= 15 is 0 Å². The van der Waals surface area contributed by atoms with Crippen LogP contribution in [0.1, 0.15) is 19.8 Å². The van der Waals surface area contributed by atoms with Crippen LogP contribution >= 0.6 is 0 Å². The van der Waals surface area contributed by atoms with Gasteiger partial charge in [0.25, 0.3) is 0 Å². The predicted molar refractivity (Wildman–Crippen MR) is 62.8 cm³/mol. The van der Waals surface area contributed by atoms with Crippen molar-refractivity contribution in [2.24, 2.45) is 29.4 Å². The summed E-state index contributed by atoms with van der Waals surface area (Å²) in [5, 5.41) is 0. The second-order valence-corrected chi connectivity index (χ2v) is 5.37. The van der Waals surface area contributed by atoms with Crippen molar-refractivity contribution in [3.05, 3.63) is 12.2 Å². The lowest BCUT2D eigenvalue weighted by atomic mass is 9.85. The molecule has 0 radical (unpaired) electrons. The first-order valence-corrected chi connectivity index (χ1v) is 6.40. The number of nitrogens with zero attached hydrogens (tertiary/aromatic N) is 1. The quantitative estimate of drug-likeness (QED) is 0.566. The van der Waals surface area contributed by atoms with E-state index in [1.165, 1.54) is 0 Å². The Kier molecular flexibility index (Phi) is 2.33. The van der Waals surface area contributed by atoms with Crippen LogP contribution in [0.25, 0.3) is 0 Å². The zero-order valence-corrected chi connectivity index (χ0v) is 10.2. The Labute approximate surface area is 105 Å². The topological polar surface area (TPSA) is 80.5 Å². The fourth-order valence-corrected chi connectivity index (χ4v) is 3.74. The van der Waals surface area contributed by atoms with Crippen LogP contribution in [0.4, 0.5) is 0 Å². The van der Waals surface area contributed by atoms with Crippen LogP contribution in [0.15, 0.2) is 12.2 Å². The molecule has 96 valence electrons. The van der Waals surface area contributed by atoms with Gasteiger partial charge in [0, 0.05) is 0 Å². The zero-order valence-electron chi connectivity index (χ0n) is 10.2. The van der Waals surface area contributed by atoms with E-state index in [0.29, 0.717) is 6.42 Å². The van der Waals surface area contributed by atoms with Crippen molar-refractivity contribution in [3.63, 3.8) is 0 Å². The molecule has 3 rings (SSSR count). The minimum absolute atomic E-state index is 0.173. The summed E-state index contributed by atoms with van der Waals surface area (Å²) >= 11 is 0. The van der Waals surface area contributed by atoms with E-state index in [1.807, 2.05) is 12.2 Å². The molecule has 0 aromatic carbocycles. The Morgan fingerprint density at radius 1 is 1.33 bits per heavy atom. The van der Waals surface area contributed by atoms with Gasteiger partial charge in [0.05, 0.1) is 11.8 Å². The molecule has 5 heteroatoms. The van der Waals surface area contributed by atoms with E-state index in [0.717, 1.165) is 11.3 Å². The highest BCUT2D eigenvalue weighted by molar-refractivity contribution is 6.09. The number of amides is 3. The van der Waals surface area contributed by atoms with Crippen molar-refractivity contribution in [1.29, 1.82) is 0 Å². The SMILES string of the molecule is CC[C@@H](C(N)=O)N1C(=O)[C@@H]2[C@H](C1=O)[C@H]1C=C[C@H]2C1. The standard InChI is InChI=1S/C13H16N2O3/c1-2-8(11(14)16)15-12(17)9-6-3-4-7(5-6)10(9)13(15)18/h3-4,6-10H,2,5H2,1H3,(H2,14,16)/t6-,7-,8-,9-,10+/m0/s1. The maximum Gasteiger partial charge on any atom is 0.240 e. The van der Waals surface area contributed by atoms with E-state index in [-0.39, 0.29) is 35.5 Å². The van der Waals surface area contributed by atoms with Crippen LogP contribution in [-0.2, 0) is 14.4 Å². The fraction of sp³-hybridized carbons (Fsp3) is 0.615. The number of carbonyl (C=O) groups is 3. The molecule has 3 aliphatic rings. The van der Waals surface area contributed by atoms with Crippen LogP contribution in [0.5, 0.6) is 0 Å². The average Bonchev–Trinajstić information content (AvgIpc) is 2.98. The summed E-state index contributed by atoms with van der Waals surface area (Å²) in [7, 11) is 0. The van der Waals surface area contributed by atoms with Gasteiger partial charge in [-0.3, -0.25) is 19.3 Å². The number of imide groups is 1. The molecule has 5 atom stereocenters. The first kappa shape index (κ1) is 11.4. The Bertz CT molecular complexity index is 441. The summed E-state index contributed by atoms with van der Waals surface area (Å²) in [4.78, 5) is 37.2. The maximum atomic E-state index is 12.4. The lowest BCUT2D eigenvalue weighted by Gasteiger charge is -2.24. The van der Waals surface area contributed by atoms with Gasteiger partial charge in [-0.15, -0.1) is 0 Å². The molecule has 1 heterocycles. The third-order valence-corrected chi connectivity index (χ3v) is 4.53. The van der Waals surface area contributed by atoms with E-state index < -0.39 is 11.9 Å². The number of carbonyl (C=O) groups excluding carboxylic acids is 3. The first-order valence-electron chi connectivity index (χ1n) is 6.40. The van der Waals surface area contributed by atoms with Crippen LogP contribution in [0.2, 0.25) is 0 Å². The van der Waals surface area contributed by atoms with Gasteiger partial charge in [-0.25, -0.2) is 0 Å². The number of rotatable bonds is 3. The predicted octanol–water partition coefficient (Wildman–Crippen LogP) is 0.0574. The highest BCUT2D eigenvalue weighted by Crippen LogP contribution is 2.52. The first-order chi connectivity index (χ1) is 8.56. The van der Waals surface area contributed by atoms with Gasteiger partial charge < -0.3 is 5.73 Å². The summed E-state index contributed by atoms with van der Waals surface area (Å²) in [6.45, 7) is 1.76. The van der Waals surface area contributed by atoms with Crippen molar-refractivity contribution in [2.45, 2.75) is 25.8 Å². The third-order valence-electron chi connectivity index (χ3n) is 4.53. The summed E-state index contributed by atoms with van der Waals surface area (Å²) in [5.41, 5.74) is 5.29. The smallest absolute Gasteiger partial charge is 0.240 e. The minimum atomic E-state index is -0.782. The molecule has 1 saturated heterocycles. The van der Waals surface area contributed by atoms with Gasteiger partial charge >= 0.3 is 0 Å². The van der Waals surface area contributed by atoms with Crippen molar-refractivity contribution in [1.82, 2.24) is 4.90 Å². The monoisotopic (exact) mass is 248 g/mol. The van der Waals surface area contributed by atoms with Gasteiger partial charge in [-0.1, -0.05) is 19.1 Å². The number of likely N-dealkylation sites (tertiary alicyclic amines) is 1. The molecule has 3 amide bonds. The molecule has 0 aromatic rings. The van der Waals surface area contributed by atoms with Gasteiger partial charge in [-0.05, 0) is 24.7 Å². The molecule has 2 fully saturated rings. The van der Waals surface area contributed by atoms with Crippen LogP contribution in [0.3, 0.4) is 0 Å². The number of primary amides is 1. The van der Waals surface area contributed by atoms with Crippen molar-refractivity contribution in [2.75, 3.05) is 0 Å². The highest BCUT2D eigenvalue weighted by Gasteiger charge is 2.60. The molecule has 1 saturated carbocycles. The number of nitrogens with two attached hydrogens (primary N) is 1. The number of fused-ring (bicyclic) bond motifs is 5. The van der Waals surface area contributed by atoms with Crippen molar-refractivity contribution in [3.8, 4) is 0 Å². The largest absolute Gasteiger partial charge is 0.368 e. The van der Waals surface area contributed by atoms with E-state index in [2.05, 4.69) is 0 Å². The highest BCUT2D eigenvalue weighted by atomic mass is 16.2. The van der Waals surface area contributed by atoms with E-state index in [9.17, 15) is 14.4 Å². The lowest BCUT2D eigenvalue weighted by Crippen LogP contribution is -2.48. The average molecular weight is 248 g/mol. The van der Waals surface area contributed by atoms with Crippen molar-refractivity contribution >= 4 is 17.7 Å². The molecule has 2 aliphatic carbocycles. The molecule has 5 nitrogen and oxygen atoms in total. The molecule has 2 bridgehead atoms. The molecular formula is C13H16N2O3. The van der Waals surface area contributed by atoms with Gasteiger partial charge in [0.1, 0.15) is 6.04 Å². The summed E-state index contributed by atoms with van der Waals surface area (Å²) in [5.74, 6) is -1.15. The van der Waals surface area contributed by atoms with Gasteiger partial charge in [-0.2, -0.15) is 0 Å². The minimum Gasteiger partial charge on any atom is -0.368 e. The molecule has 2 N–H and O–H groups in total. The number of hydrogen-bond acceptors (Lipinski definition) is 3. The second kappa shape index (κ2) is 3.67. The summed E-state index contributed by atoms with van der Waals surface area (Å²) < 4.78 is 0. The third kappa shape index (κ3) is 1.24. The Morgan fingerprint density at radius 2 is 1.83 bits per heavy atom. The number of allylic oxidation sites excluding steroid dienone is 2. The van der Waals surface area contributed by atoms with Gasteiger partial charge in [0.2, 0.25) is 17.7 Å². The molecule has 0 aromatic heterocycles. The molecular weight excluding hydrogens is 232 g/mol. The normalized spacial score (nSPS) is 38.4. The summed E-state index contributed by atoms with van der Waals surface area (Å²) in [6.07, 6.45) is 5.35. The fourth-order valence-electron chi connectivity index (χ4n) is 3.74. The summed E-state index contributed by atoms with van der Waals surface area (Å²) in [6, 6.07) is -0.782. The Hall–Kier alpha value is -1.65. The second-order valence-electron chi connectivity index (χ2n) is 5.37. The van der Waals surface area contributed by atoms with E-state index in [4.69, 9.17) is 5.73 Å². The van der Waals surface area contributed by atoms with Crippen LogP contribution in [-0.4, -0.2) is 28.7 Å². The van der Waals surface area contributed by atoms with E-state index in [1.54, 1.807) is 6.92 Å². The molecule has 0 unspecified atom stereocenters. The van der Waals surface area contributed by atoms with Crippen LogP contribution in [0, 0.1) is 23.7 Å². The molecule has 0 spiro atoms. The zero-order chi connectivity index (χ0) is 13.0. The lowest BCUT2D eigenvalue weighted by molar-refractivity contribution is -0.147. The molecule has 18 heavy (non-hydrogen) atoms. The Morgan fingerprint density at radius 3 is 2.22 bits per heavy atom. The molecule has 1 aliphatic heterocycles. The van der Waals surface area contributed by atoms with Crippen LogP contribution < -0.4 is 5.73 Å². The Balaban J connectivity index is 1.94. The van der Waals surface area contributed by atoms with Crippen molar-refractivity contribution < 1.29 is 14.4 Å².